The molecule has 80 heavy (non-hydrogen) atoms. The summed E-state index contributed by atoms with van der Waals surface area (Å²) in [4.78, 5) is 180. The molecule has 1 aromatic rings. The first kappa shape index (κ1) is 69.5. The first-order valence-electron chi connectivity index (χ1n) is 25.3. The van der Waals surface area contributed by atoms with E-state index in [0.717, 1.165) is 0 Å². The molecular formula is C48H76N14O18. The molecule has 0 aliphatic carbocycles. The van der Waals surface area contributed by atoms with E-state index in [1.807, 2.05) is 0 Å². The van der Waals surface area contributed by atoms with E-state index in [4.69, 9.17) is 28.7 Å². The summed E-state index contributed by atoms with van der Waals surface area (Å²) in [6.45, 7) is 2.72. The quantitative estimate of drug-likeness (QED) is 0.0272. The van der Waals surface area contributed by atoms with Gasteiger partial charge in [-0.3, -0.25) is 62.3 Å². The zero-order valence-electron chi connectivity index (χ0n) is 44.6. The van der Waals surface area contributed by atoms with Gasteiger partial charge in [-0.15, -0.1) is 0 Å². The summed E-state index contributed by atoms with van der Waals surface area (Å²) < 4.78 is 0. The number of nitrogens with two attached hydrogens (primary N) is 5. The number of hydrogen-bond donors (Lipinski definition) is 18. The number of aliphatic hydroxyl groups excluding tert-OH is 1. The van der Waals surface area contributed by atoms with E-state index in [1.165, 1.54) is 45.0 Å². The van der Waals surface area contributed by atoms with Gasteiger partial charge in [0.15, 0.2) is 0 Å². The summed E-state index contributed by atoms with van der Waals surface area (Å²) in [6, 6.07) is -8.48. The van der Waals surface area contributed by atoms with Crippen LogP contribution in [0.25, 0.3) is 0 Å². The van der Waals surface area contributed by atoms with Crippen molar-refractivity contribution in [2.75, 3.05) is 19.7 Å². The molecule has 12 amide bonds. The third-order valence-electron chi connectivity index (χ3n) is 11.8. The van der Waals surface area contributed by atoms with E-state index in [0.29, 0.717) is 18.4 Å². The van der Waals surface area contributed by atoms with Crippen LogP contribution in [-0.2, 0) is 73.5 Å². The molecule has 32 heteroatoms. The number of benzene rings is 1. The molecule has 1 aromatic carbocycles. The molecule has 446 valence electrons. The molecule has 0 fully saturated rings. The van der Waals surface area contributed by atoms with Crippen LogP contribution in [0.15, 0.2) is 24.3 Å². The first-order chi connectivity index (χ1) is 37.5. The van der Waals surface area contributed by atoms with Crippen LogP contribution in [-0.4, -0.2) is 177 Å². The van der Waals surface area contributed by atoms with Crippen molar-refractivity contribution in [1.29, 1.82) is 0 Å². The number of rotatable bonds is 39. The van der Waals surface area contributed by atoms with Crippen LogP contribution in [0.1, 0.15) is 97.0 Å². The van der Waals surface area contributed by atoms with Crippen molar-refractivity contribution in [3.8, 4) is 5.75 Å². The number of carbonyl (C=O) groups excluding carboxylic acids is 12. The smallest absolute Gasteiger partial charge is 0.326 e. The van der Waals surface area contributed by atoms with Crippen LogP contribution in [0, 0.1) is 5.92 Å². The molecule has 0 radical (unpaired) electrons. The number of phenols is 1. The highest BCUT2D eigenvalue weighted by atomic mass is 16.4. The van der Waals surface area contributed by atoms with Gasteiger partial charge in [0, 0.05) is 32.1 Å². The molecule has 0 heterocycles. The van der Waals surface area contributed by atoms with Crippen molar-refractivity contribution in [2.24, 2.45) is 34.6 Å². The average molecular weight is 1140 g/mol. The van der Waals surface area contributed by atoms with E-state index >= 15 is 0 Å². The van der Waals surface area contributed by atoms with E-state index in [1.54, 1.807) is 0 Å². The lowest BCUT2D eigenvalue weighted by molar-refractivity contribution is -0.142. The van der Waals surface area contributed by atoms with Gasteiger partial charge in [0.2, 0.25) is 70.9 Å². The summed E-state index contributed by atoms with van der Waals surface area (Å²) in [5, 5.41) is 59.0. The van der Waals surface area contributed by atoms with Gasteiger partial charge in [-0.1, -0.05) is 26.0 Å². The Hall–Kier alpha value is -8.52. The lowest BCUT2D eigenvalue weighted by Crippen LogP contribution is -2.59. The van der Waals surface area contributed by atoms with Crippen LogP contribution in [0.3, 0.4) is 0 Å². The number of nitrogens with one attached hydrogen (secondary N) is 9. The lowest BCUT2D eigenvalue weighted by atomic mass is 10.0. The minimum Gasteiger partial charge on any atom is -0.508 e. The third kappa shape index (κ3) is 27.2. The lowest BCUT2D eigenvalue weighted by Gasteiger charge is -2.27. The van der Waals surface area contributed by atoms with Crippen molar-refractivity contribution in [2.45, 2.75) is 152 Å². The topological polar surface area (TPSA) is 558 Å². The zero-order chi connectivity index (χ0) is 60.8. The number of amides is 12. The van der Waals surface area contributed by atoms with Crippen LogP contribution in [0.5, 0.6) is 5.75 Å². The Morgan fingerprint density at radius 2 is 0.925 bits per heavy atom. The minimum atomic E-state index is -1.64. The van der Waals surface area contributed by atoms with E-state index < -0.39 is 208 Å². The largest absolute Gasteiger partial charge is 0.508 e. The number of aromatic hydroxyl groups is 1. The van der Waals surface area contributed by atoms with Gasteiger partial charge in [0.05, 0.1) is 13.2 Å². The number of unbranched alkanes of at least 4 members (excludes halogenated alkanes) is 1. The molecule has 0 saturated carbocycles. The van der Waals surface area contributed by atoms with E-state index in [-0.39, 0.29) is 25.1 Å². The van der Waals surface area contributed by atoms with E-state index in [2.05, 4.69) is 47.9 Å². The molecule has 1 rings (SSSR count). The standard InChI is InChI=1S/C48H76N14O18/c1-23(2)39(47(78)59-30(13-17-36(53)67)44(75)58-29(12-16-35(52)66)45(76)60-32(48(79)80)6-4-5-19-49)62-37(68)21-54-42(73)28(11-15-34(51)65)57-46(77)33(20-25-7-9-26(64)10-8-25)61-40(71)24(3)55-43(74)31(14-18-38(69)70)56-41(72)27(50)22-63/h7-10,23-24,27-33,39,63-64H,4-6,11-22,49-50H2,1-3H3,(H2,51,65)(H2,52,66)(H2,53,67)(H,54,73)(H,55,74)(H,56,72)(H,57,77)(H,58,75)(H,59,78)(H,60,76)(H,61,71)(H,62,68)(H,69,70)(H,79,80)/t24-,27-,28-,29-,30-,31-,32-,33-,39-/m0/s1. The number of carboxylic acid groups (broad SMARTS) is 2. The van der Waals surface area contributed by atoms with Crippen LogP contribution in [0.4, 0.5) is 0 Å². The van der Waals surface area contributed by atoms with Crippen LogP contribution >= 0.6 is 0 Å². The fraction of sp³-hybridized carbons (Fsp3) is 0.583. The maximum atomic E-state index is 14.0. The number of primary amides is 3. The summed E-state index contributed by atoms with van der Waals surface area (Å²) in [5.74, 6) is -15.6. The Labute approximate surface area is 459 Å². The third-order valence-corrected chi connectivity index (χ3v) is 11.8. The molecule has 32 nitrogen and oxygen atoms in total. The van der Waals surface area contributed by atoms with Crippen molar-refractivity contribution in [1.82, 2.24) is 47.9 Å². The summed E-state index contributed by atoms with van der Waals surface area (Å²) >= 11 is 0. The number of aliphatic carboxylic acids is 2. The highest BCUT2D eigenvalue weighted by Crippen LogP contribution is 2.13. The first-order valence-corrected chi connectivity index (χ1v) is 25.3. The normalized spacial score (nSPS) is 14.3. The van der Waals surface area contributed by atoms with Gasteiger partial charge in [-0.2, -0.15) is 0 Å². The van der Waals surface area contributed by atoms with Gasteiger partial charge < -0.3 is 96.9 Å². The number of hydrogen-bond acceptors (Lipinski definition) is 18. The number of carboxylic acids is 2. The SMILES string of the molecule is CC(C)[C@H](NC(=O)CNC(=O)[C@H](CCC(N)=O)NC(=O)[C@H](Cc1ccc(O)cc1)NC(=O)[C@H](C)NC(=O)[C@H](CCC(=O)O)NC(=O)[C@@H](N)CO)C(=O)N[C@@H](CCC(N)=O)C(=O)N[C@@H](CCC(N)=O)C(=O)N[C@@H](CCCCN)C(=O)O. The Bertz CT molecular complexity index is 2360. The zero-order valence-corrected chi connectivity index (χ0v) is 44.6. The van der Waals surface area contributed by atoms with Gasteiger partial charge in [0.25, 0.3) is 0 Å². The van der Waals surface area contributed by atoms with Gasteiger partial charge in [-0.05, 0) is 82.0 Å². The van der Waals surface area contributed by atoms with Crippen LogP contribution in [0.2, 0.25) is 0 Å². The molecule has 0 aromatic heterocycles. The Kier molecular flexibility index (Phi) is 31.1. The molecule has 0 aliphatic rings. The molecule has 0 unspecified atom stereocenters. The summed E-state index contributed by atoms with van der Waals surface area (Å²) in [5.41, 5.74) is 27.3. The van der Waals surface area contributed by atoms with Gasteiger partial charge in [0.1, 0.15) is 60.1 Å². The number of aliphatic hydroxyl groups is 1. The molecular weight excluding hydrogens is 1060 g/mol. The molecule has 0 aliphatic heterocycles. The molecule has 23 N–H and O–H groups in total. The second-order valence-electron chi connectivity index (χ2n) is 18.8. The predicted molar refractivity (Wildman–Crippen MR) is 279 cm³/mol. The van der Waals surface area contributed by atoms with Crippen molar-refractivity contribution in [3.05, 3.63) is 29.8 Å². The van der Waals surface area contributed by atoms with Crippen molar-refractivity contribution in [3.63, 3.8) is 0 Å². The fourth-order valence-electron chi connectivity index (χ4n) is 7.20. The fourth-order valence-corrected chi connectivity index (χ4v) is 7.20. The Morgan fingerprint density at radius 3 is 1.38 bits per heavy atom. The monoisotopic (exact) mass is 1140 g/mol. The van der Waals surface area contributed by atoms with Crippen molar-refractivity contribution >= 4 is 82.8 Å². The van der Waals surface area contributed by atoms with Gasteiger partial charge >= 0.3 is 11.9 Å². The van der Waals surface area contributed by atoms with Gasteiger partial charge in [-0.25, -0.2) is 4.79 Å². The number of phenolic OH excluding ortho intramolecular Hbond substituents is 1. The molecule has 0 saturated heterocycles. The molecule has 0 bridgehead atoms. The maximum Gasteiger partial charge on any atom is 0.326 e. The summed E-state index contributed by atoms with van der Waals surface area (Å²) in [6.07, 6.45) is -3.40. The predicted octanol–water partition coefficient (Wildman–Crippen LogP) is -7.20. The molecule has 9 atom stereocenters. The van der Waals surface area contributed by atoms with E-state index in [9.17, 15) is 87.5 Å². The average Bonchev–Trinajstić information content (AvgIpc) is 3.38. The summed E-state index contributed by atoms with van der Waals surface area (Å²) in [7, 11) is 0. The second-order valence-corrected chi connectivity index (χ2v) is 18.8. The number of carbonyl (C=O) groups is 14. The highest BCUT2D eigenvalue weighted by Gasteiger charge is 2.35. The molecule has 0 spiro atoms. The minimum absolute atomic E-state index is 0.0284. The van der Waals surface area contributed by atoms with Crippen molar-refractivity contribution < 1.29 is 87.5 Å². The highest BCUT2D eigenvalue weighted by molar-refractivity contribution is 5.98. The Balaban J connectivity index is 3.36. The Morgan fingerprint density at radius 1 is 0.500 bits per heavy atom. The second kappa shape index (κ2) is 35.8. The maximum absolute atomic E-state index is 14.0. The van der Waals surface area contributed by atoms with Crippen LogP contribution < -0.4 is 76.5 Å².